The van der Waals surface area contributed by atoms with Crippen LogP contribution in [-0.2, 0) is 9.59 Å². The lowest BCUT2D eigenvalue weighted by Crippen LogP contribution is -2.38. The van der Waals surface area contributed by atoms with E-state index in [-0.39, 0.29) is 12.2 Å². The van der Waals surface area contributed by atoms with E-state index in [2.05, 4.69) is 10.6 Å². The Kier molecular flexibility index (Phi) is 5.41. The minimum atomic E-state index is -0.631. The highest BCUT2D eigenvalue weighted by atomic mass is 16.5. The Hall–Kier alpha value is -4.13. The number of anilines is 1. The van der Waals surface area contributed by atoms with Crippen molar-refractivity contribution < 1.29 is 19.1 Å². The zero-order valence-corrected chi connectivity index (χ0v) is 17.1. The van der Waals surface area contributed by atoms with Gasteiger partial charge in [-0.2, -0.15) is 0 Å². The number of nitrogens with zero attached hydrogens (tertiary/aromatic N) is 1. The molecule has 7 heteroatoms. The highest BCUT2D eigenvalue weighted by Gasteiger charge is 2.35. The Morgan fingerprint density at radius 2 is 1.84 bits per heavy atom. The van der Waals surface area contributed by atoms with Crippen LogP contribution in [0.3, 0.4) is 0 Å². The molecule has 1 aliphatic rings. The lowest BCUT2D eigenvalue weighted by molar-refractivity contribution is -0.127. The van der Waals surface area contributed by atoms with Crippen LogP contribution in [0.1, 0.15) is 11.1 Å². The molecule has 1 saturated heterocycles. The Morgan fingerprint density at radius 1 is 1.06 bits per heavy atom. The van der Waals surface area contributed by atoms with E-state index in [4.69, 9.17) is 4.74 Å². The van der Waals surface area contributed by atoms with Crippen molar-refractivity contribution in [1.29, 1.82) is 0 Å². The van der Waals surface area contributed by atoms with Gasteiger partial charge in [0.2, 0.25) is 5.91 Å². The number of rotatable bonds is 5. The molecule has 0 bridgehead atoms. The number of imide groups is 1. The van der Waals surface area contributed by atoms with Crippen LogP contribution in [0.2, 0.25) is 0 Å². The van der Waals surface area contributed by atoms with Gasteiger partial charge in [0.05, 0.1) is 7.11 Å². The molecule has 3 aromatic carbocycles. The van der Waals surface area contributed by atoms with Crippen molar-refractivity contribution in [2.75, 3.05) is 19.0 Å². The summed E-state index contributed by atoms with van der Waals surface area (Å²) in [5.74, 6) is -0.288. The van der Waals surface area contributed by atoms with Crippen LogP contribution < -0.4 is 15.4 Å². The first-order valence-electron chi connectivity index (χ1n) is 9.73. The fourth-order valence-corrected chi connectivity index (χ4v) is 3.54. The molecule has 0 spiro atoms. The number of nitrogens with one attached hydrogen (secondary N) is 2. The van der Waals surface area contributed by atoms with Crippen molar-refractivity contribution in [3.63, 3.8) is 0 Å². The van der Waals surface area contributed by atoms with Crippen LogP contribution in [0.4, 0.5) is 10.5 Å². The van der Waals surface area contributed by atoms with Gasteiger partial charge in [-0.05, 0) is 47.7 Å². The van der Waals surface area contributed by atoms with Gasteiger partial charge in [-0.1, -0.05) is 42.5 Å². The molecule has 0 atom stereocenters. The Labute approximate surface area is 179 Å². The monoisotopic (exact) mass is 415 g/mol. The first-order valence-corrected chi connectivity index (χ1v) is 9.73. The normalized spacial score (nSPS) is 14.8. The number of urea groups is 1. The standard InChI is InChI=1S/C24H21N3O4/c1-15-6-5-7-17(12-15)25-22(28)14-27-23(29)20(26-24(27)30)13-16-10-11-21(31-2)19-9-4-3-8-18(16)19/h3-13H,14H2,1-2H3,(H,25,28)(H,26,30)/b20-13+. The smallest absolute Gasteiger partial charge is 0.329 e. The molecule has 7 nitrogen and oxygen atoms in total. The molecule has 1 fully saturated rings. The van der Waals surface area contributed by atoms with Crippen LogP contribution in [-0.4, -0.2) is 36.4 Å². The molecule has 0 unspecified atom stereocenters. The Balaban J connectivity index is 1.55. The van der Waals surface area contributed by atoms with Crippen molar-refractivity contribution in [2.24, 2.45) is 0 Å². The average molecular weight is 415 g/mol. The zero-order valence-electron chi connectivity index (χ0n) is 17.1. The van der Waals surface area contributed by atoms with Crippen LogP contribution in [0.5, 0.6) is 5.75 Å². The number of ether oxygens (including phenoxy) is 1. The SMILES string of the molecule is COc1ccc(/C=C2/NC(=O)N(CC(=O)Nc3cccc(C)c3)C2=O)c2ccccc12. The number of carbonyl (C=O) groups is 3. The summed E-state index contributed by atoms with van der Waals surface area (Å²) in [4.78, 5) is 38.4. The van der Waals surface area contributed by atoms with E-state index in [1.54, 1.807) is 19.3 Å². The largest absolute Gasteiger partial charge is 0.496 e. The van der Waals surface area contributed by atoms with Crippen LogP contribution >= 0.6 is 0 Å². The summed E-state index contributed by atoms with van der Waals surface area (Å²) in [7, 11) is 1.60. The van der Waals surface area contributed by atoms with Crippen LogP contribution in [0.15, 0.2) is 66.4 Å². The zero-order chi connectivity index (χ0) is 22.0. The minimum Gasteiger partial charge on any atom is -0.496 e. The summed E-state index contributed by atoms with van der Waals surface area (Å²) < 4.78 is 5.40. The molecular weight excluding hydrogens is 394 g/mol. The molecule has 3 aromatic rings. The minimum absolute atomic E-state index is 0.115. The summed E-state index contributed by atoms with van der Waals surface area (Å²) in [6.07, 6.45) is 1.61. The van der Waals surface area contributed by atoms with Gasteiger partial charge in [0.1, 0.15) is 18.0 Å². The number of hydrogen-bond donors (Lipinski definition) is 2. The van der Waals surface area contributed by atoms with Crippen LogP contribution in [0, 0.1) is 6.92 Å². The molecule has 0 saturated carbocycles. The fourth-order valence-electron chi connectivity index (χ4n) is 3.54. The van der Waals surface area contributed by atoms with Crippen molar-refractivity contribution in [1.82, 2.24) is 10.2 Å². The first kappa shape index (κ1) is 20.2. The Bertz CT molecular complexity index is 1230. The molecule has 4 rings (SSSR count). The molecule has 4 amide bonds. The molecular formula is C24H21N3O4. The third-order valence-electron chi connectivity index (χ3n) is 5.00. The quantitative estimate of drug-likeness (QED) is 0.491. The molecule has 1 heterocycles. The van der Waals surface area contributed by atoms with Crippen molar-refractivity contribution in [3.05, 3.63) is 77.5 Å². The second-order valence-electron chi connectivity index (χ2n) is 7.20. The highest BCUT2D eigenvalue weighted by molar-refractivity contribution is 6.16. The van der Waals surface area contributed by atoms with E-state index in [9.17, 15) is 14.4 Å². The van der Waals surface area contributed by atoms with Crippen molar-refractivity contribution in [3.8, 4) is 5.75 Å². The summed E-state index contributed by atoms with van der Waals surface area (Å²) in [6.45, 7) is 1.53. The predicted molar refractivity (Wildman–Crippen MR) is 119 cm³/mol. The summed E-state index contributed by atoms with van der Waals surface area (Å²) in [6, 6.07) is 17.9. The predicted octanol–water partition coefficient (Wildman–Crippen LogP) is 3.69. The summed E-state index contributed by atoms with van der Waals surface area (Å²) in [5, 5.41) is 7.04. The van der Waals surface area contributed by atoms with Gasteiger partial charge in [0, 0.05) is 11.1 Å². The number of carbonyl (C=O) groups excluding carboxylic acids is 3. The van der Waals surface area contributed by atoms with E-state index in [0.29, 0.717) is 11.4 Å². The van der Waals surface area contributed by atoms with E-state index < -0.39 is 17.8 Å². The molecule has 0 aliphatic carbocycles. The van der Waals surface area contributed by atoms with Gasteiger partial charge < -0.3 is 15.4 Å². The second-order valence-corrected chi connectivity index (χ2v) is 7.20. The Morgan fingerprint density at radius 3 is 2.58 bits per heavy atom. The number of amides is 4. The highest BCUT2D eigenvalue weighted by Crippen LogP contribution is 2.30. The van der Waals surface area contributed by atoms with E-state index in [1.165, 1.54) is 0 Å². The van der Waals surface area contributed by atoms with Gasteiger partial charge in [-0.25, -0.2) is 9.69 Å². The topological polar surface area (TPSA) is 87.7 Å². The maximum atomic E-state index is 12.8. The van der Waals surface area contributed by atoms with E-state index in [0.717, 1.165) is 26.8 Å². The number of benzene rings is 3. The molecule has 2 N–H and O–H groups in total. The number of methoxy groups -OCH3 is 1. The lowest BCUT2D eigenvalue weighted by atomic mass is 10.0. The third kappa shape index (κ3) is 4.11. The molecule has 156 valence electrons. The van der Waals surface area contributed by atoms with Crippen molar-refractivity contribution >= 4 is 40.4 Å². The van der Waals surface area contributed by atoms with Gasteiger partial charge in [-0.3, -0.25) is 9.59 Å². The van der Waals surface area contributed by atoms with E-state index >= 15 is 0 Å². The summed E-state index contributed by atoms with van der Waals surface area (Å²) >= 11 is 0. The average Bonchev–Trinajstić information content (AvgIpc) is 3.01. The number of aryl methyl sites for hydroxylation is 1. The first-order chi connectivity index (χ1) is 15.0. The van der Waals surface area contributed by atoms with Crippen LogP contribution in [0.25, 0.3) is 16.8 Å². The maximum Gasteiger partial charge on any atom is 0.329 e. The second kappa shape index (κ2) is 8.31. The number of hydrogen-bond acceptors (Lipinski definition) is 4. The van der Waals surface area contributed by atoms with Gasteiger partial charge >= 0.3 is 6.03 Å². The van der Waals surface area contributed by atoms with Gasteiger partial charge in [0.15, 0.2) is 0 Å². The lowest BCUT2D eigenvalue weighted by Gasteiger charge is -2.12. The van der Waals surface area contributed by atoms with Crippen molar-refractivity contribution in [2.45, 2.75) is 6.92 Å². The number of fused-ring (bicyclic) bond motifs is 1. The fraction of sp³-hybridized carbons (Fsp3) is 0.125. The third-order valence-corrected chi connectivity index (χ3v) is 5.00. The maximum absolute atomic E-state index is 12.8. The molecule has 31 heavy (non-hydrogen) atoms. The van der Waals surface area contributed by atoms with E-state index in [1.807, 2.05) is 61.5 Å². The molecule has 0 aromatic heterocycles. The van der Waals surface area contributed by atoms with Gasteiger partial charge in [-0.15, -0.1) is 0 Å². The molecule has 0 radical (unpaired) electrons. The van der Waals surface area contributed by atoms with Gasteiger partial charge in [0.25, 0.3) is 5.91 Å². The molecule has 1 aliphatic heterocycles. The summed E-state index contributed by atoms with van der Waals surface area (Å²) in [5.41, 5.74) is 2.47.